The Morgan fingerprint density at radius 2 is 1.26 bits per heavy atom. The molecule has 0 bridgehead atoms. The summed E-state index contributed by atoms with van der Waals surface area (Å²) in [5.41, 5.74) is 7.61. The molecule has 216 valence electrons. The van der Waals surface area contributed by atoms with E-state index in [2.05, 4.69) is 105 Å². The van der Waals surface area contributed by atoms with Gasteiger partial charge in [-0.1, -0.05) is 91.0 Å². The molecule has 10 rings (SSSR count). The molecule has 3 aromatic heterocycles. The molecule has 7 aromatic carbocycles. The van der Waals surface area contributed by atoms with E-state index in [-0.39, 0.29) is 0 Å². The number of hydrogen-bond acceptors (Lipinski definition) is 2. The van der Waals surface area contributed by atoms with Crippen LogP contribution in [0.3, 0.4) is 0 Å². The highest BCUT2D eigenvalue weighted by Gasteiger charge is 2.23. The molecule has 3 heterocycles. The molecule has 0 aliphatic rings. The lowest BCUT2D eigenvalue weighted by atomic mass is 10.0. The molecule has 5 nitrogen and oxygen atoms in total. The summed E-state index contributed by atoms with van der Waals surface area (Å²) in [6.07, 6.45) is 0. The van der Waals surface area contributed by atoms with Crippen molar-refractivity contribution in [2.45, 2.75) is 0 Å². The van der Waals surface area contributed by atoms with Crippen molar-refractivity contribution in [3.63, 3.8) is 0 Å². The van der Waals surface area contributed by atoms with Crippen LogP contribution >= 0.6 is 0 Å². The molecular formula is C42H22N4O. The Labute approximate surface area is 268 Å². The number of nitriles is 1. The van der Waals surface area contributed by atoms with Gasteiger partial charge < -0.3 is 13.6 Å². The second-order valence-corrected chi connectivity index (χ2v) is 11.9. The number of aromatic nitrogens is 2. The SMILES string of the molecule is [C-]#[N+]c1cc(-n2c3ccccc3c3ccc4c5ccccc5oc4c32)c(C#N)cc1-n1c2ccccc2c2c3ccccc3ccc21. The van der Waals surface area contributed by atoms with Gasteiger partial charge in [-0.3, -0.25) is 0 Å². The van der Waals surface area contributed by atoms with Gasteiger partial charge >= 0.3 is 0 Å². The third kappa shape index (κ3) is 3.35. The van der Waals surface area contributed by atoms with E-state index in [9.17, 15) is 5.26 Å². The summed E-state index contributed by atoms with van der Waals surface area (Å²) in [4.78, 5) is 4.09. The minimum atomic E-state index is 0.456. The van der Waals surface area contributed by atoms with Gasteiger partial charge in [0.15, 0.2) is 5.58 Å². The molecule has 47 heavy (non-hydrogen) atoms. The molecule has 0 aliphatic heterocycles. The van der Waals surface area contributed by atoms with Crippen molar-refractivity contribution in [1.29, 1.82) is 5.26 Å². The van der Waals surface area contributed by atoms with Crippen molar-refractivity contribution in [3.8, 4) is 17.4 Å². The van der Waals surface area contributed by atoms with Gasteiger partial charge in [-0.05, 0) is 53.2 Å². The van der Waals surface area contributed by atoms with Gasteiger partial charge in [0.2, 0.25) is 5.69 Å². The molecular weight excluding hydrogens is 576 g/mol. The molecule has 10 aromatic rings. The molecule has 0 fully saturated rings. The van der Waals surface area contributed by atoms with E-state index in [0.717, 1.165) is 76.3 Å². The Hall–Kier alpha value is -6.82. The number of furan rings is 1. The summed E-state index contributed by atoms with van der Waals surface area (Å²) in [6.45, 7) is 8.42. The van der Waals surface area contributed by atoms with E-state index in [1.54, 1.807) is 0 Å². The first-order valence-corrected chi connectivity index (χ1v) is 15.5. The average molecular weight is 599 g/mol. The third-order valence-corrected chi connectivity index (χ3v) is 9.56. The topological polar surface area (TPSA) is 51.1 Å². The predicted octanol–water partition coefficient (Wildman–Crippen LogP) is 11.4. The van der Waals surface area contributed by atoms with E-state index in [0.29, 0.717) is 22.6 Å². The van der Waals surface area contributed by atoms with E-state index >= 15 is 0 Å². The highest BCUT2D eigenvalue weighted by Crippen LogP contribution is 2.44. The molecule has 5 heteroatoms. The number of rotatable bonds is 2. The maximum atomic E-state index is 10.8. The van der Waals surface area contributed by atoms with E-state index < -0.39 is 0 Å². The summed E-state index contributed by atoms with van der Waals surface area (Å²) in [7, 11) is 0. The summed E-state index contributed by atoms with van der Waals surface area (Å²) >= 11 is 0. The van der Waals surface area contributed by atoms with Gasteiger partial charge in [-0.2, -0.15) is 5.26 Å². The van der Waals surface area contributed by atoms with Crippen LogP contribution in [0.25, 0.3) is 92.5 Å². The fourth-order valence-corrected chi connectivity index (χ4v) is 7.59. The van der Waals surface area contributed by atoms with E-state index in [1.807, 2.05) is 48.5 Å². The quantitative estimate of drug-likeness (QED) is 0.186. The Morgan fingerprint density at radius 1 is 0.574 bits per heavy atom. The number of fused-ring (bicyclic) bond motifs is 12. The van der Waals surface area contributed by atoms with Crippen LogP contribution in [0.15, 0.2) is 138 Å². The lowest BCUT2D eigenvalue weighted by Crippen LogP contribution is -2.01. The largest absolute Gasteiger partial charge is 0.454 e. The molecule has 0 spiro atoms. The van der Waals surface area contributed by atoms with Crippen molar-refractivity contribution in [2.24, 2.45) is 0 Å². The minimum absolute atomic E-state index is 0.456. The Morgan fingerprint density at radius 3 is 2.06 bits per heavy atom. The molecule has 0 saturated heterocycles. The second kappa shape index (κ2) is 9.34. The van der Waals surface area contributed by atoms with Gasteiger partial charge in [-0.25, -0.2) is 4.85 Å². The maximum absolute atomic E-state index is 10.8. The van der Waals surface area contributed by atoms with E-state index in [1.165, 1.54) is 0 Å². The molecule has 0 amide bonds. The van der Waals surface area contributed by atoms with Gasteiger partial charge in [0.1, 0.15) is 11.7 Å². The van der Waals surface area contributed by atoms with Crippen LogP contribution in [0.2, 0.25) is 0 Å². The monoisotopic (exact) mass is 598 g/mol. The molecule has 0 radical (unpaired) electrons. The summed E-state index contributed by atoms with van der Waals surface area (Å²) in [5.74, 6) is 0. The van der Waals surface area contributed by atoms with Crippen LogP contribution in [0.4, 0.5) is 5.69 Å². The Balaban J connectivity index is 1.33. The Bertz CT molecular complexity index is 3050. The number of para-hydroxylation sites is 3. The van der Waals surface area contributed by atoms with Crippen molar-refractivity contribution >= 4 is 82.0 Å². The second-order valence-electron chi connectivity index (χ2n) is 11.9. The average Bonchev–Trinajstić information content (AvgIpc) is 3.79. The molecule has 0 unspecified atom stereocenters. The lowest BCUT2D eigenvalue weighted by Gasteiger charge is -2.16. The zero-order chi connectivity index (χ0) is 31.2. The number of benzene rings is 7. The van der Waals surface area contributed by atoms with Crippen molar-refractivity contribution < 1.29 is 4.42 Å². The molecule has 0 saturated carbocycles. The number of hydrogen-bond donors (Lipinski definition) is 0. The molecule has 0 atom stereocenters. The van der Waals surface area contributed by atoms with Crippen LogP contribution in [-0.2, 0) is 0 Å². The van der Waals surface area contributed by atoms with Crippen LogP contribution in [0.1, 0.15) is 5.56 Å². The first kappa shape index (κ1) is 25.5. The highest BCUT2D eigenvalue weighted by molar-refractivity contribution is 6.23. The van der Waals surface area contributed by atoms with Crippen molar-refractivity contribution in [3.05, 3.63) is 150 Å². The fourth-order valence-electron chi connectivity index (χ4n) is 7.59. The smallest absolute Gasteiger partial charge is 0.212 e. The molecule has 0 N–H and O–H groups in total. The van der Waals surface area contributed by atoms with Gasteiger partial charge in [0.25, 0.3) is 0 Å². The fraction of sp³-hybridized carbons (Fsp3) is 0. The maximum Gasteiger partial charge on any atom is 0.212 e. The van der Waals surface area contributed by atoms with Crippen molar-refractivity contribution in [1.82, 2.24) is 9.13 Å². The van der Waals surface area contributed by atoms with Crippen LogP contribution in [0.5, 0.6) is 0 Å². The normalized spacial score (nSPS) is 11.8. The van der Waals surface area contributed by atoms with Gasteiger partial charge in [0, 0.05) is 32.3 Å². The van der Waals surface area contributed by atoms with Gasteiger partial charge in [-0.15, -0.1) is 0 Å². The van der Waals surface area contributed by atoms with Crippen LogP contribution < -0.4 is 0 Å². The Kier molecular flexibility index (Phi) is 5.07. The first-order valence-electron chi connectivity index (χ1n) is 15.5. The third-order valence-electron chi connectivity index (χ3n) is 9.56. The summed E-state index contributed by atoms with van der Waals surface area (Å²) in [6, 6.07) is 47.7. The molecule has 0 aliphatic carbocycles. The number of nitrogens with zero attached hydrogens (tertiary/aromatic N) is 4. The zero-order valence-corrected chi connectivity index (χ0v) is 24.9. The van der Waals surface area contributed by atoms with E-state index in [4.69, 9.17) is 11.0 Å². The predicted molar refractivity (Wildman–Crippen MR) is 191 cm³/mol. The first-order chi connectivity index (χ1) is 23.2. The minimum Gasteiger partial charge on any atom is -0.454 e. The standard InChI is InChI=1S/C42H22N4O/c1-44-33-23-37(46-34-15-7-4-12-28(34)30-19-20-31-29-13-6-9-17-39(29)47-42(31)41(30)46)26(24-43)22-38(33)45-35-16-8-5-14-32(35)40-27-11-3-2-10-25(27)18-21-36(40)45/h2-23H. The zero-order valence-electron chi connectivity index (χ0n) is 24.9. The lowest BCUT2D eigenvalue weighted by molar-refractivity contribution is 0.671. The summed E-state index contributed by atoms with van der Waals surface area (Å²) in [5, 5.41) is 19.4. The summed E-state index contributed by atoms with van der Waals surface area (Å²) < 4.78 is 10.8. The van der Waals surface area contributed by atoms with Crippen molar-refractivity contribution in [2.75, 3.05) is 0 Å². The van der Waals surface area contributed by atoms with Crippen LogP contribution in [0, 0.1) is 17.9 Å². The van der Waals surface area contributed by atoms with Crippen LogP contribution in [-0.4, -0.2) is 9.13 Å². The highest BCUT2D eigenvalue weighted by atomic mass is 16.3. The van der Waals surface area contributed by atoms with Gasteiger partial charge in [0.05, 0.1) is 45.6 Å².